The molecule has 28 heavy (non-hydrogen) atoms. The highest BCUT2D eigenvalue weighted by atomic mass is 32.2. The Labute approximate surface area is 167 Å². The highest BCUT2D eigenvalue weighted by molar-refractivity contribution is 7.93. The maximum atomic E-state index is 13.6. The van der Waals surface area contributed by atoms with Gasteiger partial charge in [0.15, 0.2) is 0 Å². The van der Waals surface area contributed by atoms with Crippen LogP contribution in [0.15, 0.2) is 41.3 Å². The fraction of sp³-hybridized carbons (Fsp3) is 0.368. The maximum absolute atomic E-state index is 13.6. The van der Waals surface area contributed by atoms with E-state index in [2.05, 4.69) is 4.72 Å². The predicted molar refractivity (Wildman–Crippen MR) is 112 cm³/mol. The summed E-state index contributed by atoms with van der Waals surface area (Å²) in [5.41, 5.74) is 2.10. The number of anilines is 2. The molecular formula is C19H26N2O5S2. The maximum Gasteiger partial charge on any atom is 0.265 e. The molecule has 2 rings (SSSR count). The molecule has 7 nitrogen and oxygen atoms in total. The monoisotopic (exact) mass is 426 g/mol. The van der Waals surface area contributed by atoms with Gasteiger partial charge in [0.2, 0.25) is 10.0 Å². The van der Waals surface area contributed by atoms with E-state index in [0.29, 0.717) is 22.4 Å². The van der Waals surface area contributed by atoms with Gasteiger partial charge in [-0.15, -0.1) is 0 Å². The van der Waals surface area contributed by atoms with Gasteiger partial charge in [-0.1, -0.05) is 24.3 Å². The second kappa shape index (κ2) is 8.10. The van der Waals surface area contributed by atoms with E-state index in [-0.39, 0.29) is 17.1 Å². The number of nitrogens with one attached hydrogen (secondary N) is 1. The predicted octanol–water partition coefficient (Wildman–Crippen LogP) is 2.56. The van der Waals surface area contributed by atoms with E-state index in [1.807, 2.05) is 0 Å². The number of sulfonamides is 2. The average Bonchev–Trinajstić information content (AvgIpc) is 2.55. The summed E-state index contributed by atoms with van der Waals surface area (Å²) in [6.45, 7) is 6.34. The third kappa shape index (κ3) is 4.84. The first-order valence-electron chi connectivity index (χ1n) is 8.69. The number of benzene rings is 2. The van der Waals surface area contributed by atoms with Crippen molar-refractivity contribution in [1.29, 1.82) is 0 Å². The van der Waals surface area contributed by atoms with Crippen LogP contribution in [0.4, 0.5) is 11.4 Å². The third-order valence-electron chi connectivity index (χ3n) is 4.21. The Morgan fingerprint density at radius 3 is 2.11 bits per heavy atom. The Kier molecular flexibility index (Phi) is 6.42. The van der Waals surface area contributed by atoms with E-state index in [0.717, 1.165) is 10.6 Å². The molecule has 2 aromatic rings. The standard InChI is InChI=1S/C19H26N2O5S2/c1-13-11-14(2)19(16(4)18(13)20-27(5,23)24)28(25,26)21(12-15(3)22)17-9-7-6-8-10-17/h6-11,15,20,22H,12H2,1-5H3. The lowest BCUT2D eigenvalue weighted by molar-refractivity contribution is 0.204. The van der Waals surface area contributed by atoms with Crippen LogP contribution in [0.1, 0.15) is 23.6 Å². The molecule has 0 amide bonds. The van der Waals surface area contributed by atoms with Crippen LogP contribution in [0.2, 0.25) is 0 Å². The summed E-state index contributed by atoms with van der Waals surface area (Å²) in [6, 6.07) is 10.1. The van der Waals surface area contributed by atoms with Gasteiger partial charge >= 0.3 is 0 Å². The molecule has 0 aliphatic rings. The molecule has 0 fully saturated rings. The Balaban J connectivity index is 2.74. The second-order valence-corrected chi connectivity index (χ2v) is 10.5. The summed E-state index contributed by atoms with van der Waals surface area (Å²) < 4.78 is 54.2. The van der Waals surface area contributed by atoms with Crippen LogP contribution in [0.3, 0.4) is 0 Å². The van der Waals surface area contributed by atoms with E-state index in [1.165, 1.54) is 6.92 Å². The van der Waals surface area contributed by atoms with Gasteiger partial charge in [-0.3, -0.25) is 9.03 Å². The lowest BCUT2D eigenvalue weighted by Crippen LogP contribution is -2.37. The Morgan fingerprint density at radius 1 is 1.04 bits per heavy atom. The van der Waals surface area contributed by atoms with Gasteiger partial charge in [0.1, 0.15) is 0 Å². The first-order chi connectivity index (χ1) is 12.8. The number of aliphatic hydroxyl groups excluding tert-OH is 1. The van der Waals surface area contributed by atoms with Crippen LogP contribution in [-0.4, -0.2) is 40.8 Å². The number of nitrogens with zero attached hydrogens (tertiary/aromatic N) is 1. The van der Waals surface area contributed by atoms with Crippen molar-refractivity contribution in [3.63, 3.8) is 0 Å². The normalized spacial score (nSPS) is 13.2. The average molecular weight is 427 g/mol. The molecule has 2 aromatic carbocycles. The largest absolute Gasteiger partial charge is 0.392 e. The fourth-order valence-corrected chi connectivity index (χ4v) is 5.86. The highest BCUT2D eigenvalue weighted by Gasteiger charge is 2.31. The van der Waals surface area contributed by atoms with Crippen LogP contribution in [0.5, 0.6) is 0 Å². The summed E-state index contributed by atoms with van der Waals surface area (Å²) in [4.78, 5) is 0.0220. The molecule has 0 radical (unpaired) electrons. The minimum Gasteiger partial charge on any atom is -0.392 e. The Bertz CT molecular complexity index is 1060. The van der Waals surface area contributed by atoms with Crippen LogP contribution in [0.25, 0.3) is 0 Å². The van der Waals surface area contributed by atoms with Crippen molar-refractivity contribution in [3.05, 3.63) is 53.1 Å². The second-order valence-electron chi connectivity index (χ2n) is 6.93. The zero-order chi connectivity index (χ0) is 21.3. The molecule has 1 atom stereocenters. The molecule has 154 valence electrons. The van der Waals surface area contributed by atoms with Crippen molar-refractivity contribution in [2.24, 2.45) is 0 Å². The van der Waals surface area contributed by atoms with Gasteiger partial charge in [0, 0.05) is 0 Å². The molecule has 0 heterocycles. The van der Waals surface area contributed by atoms with Gasteiger partial charge < -0.3 is 5.11 Å². The smallest absolute Gasteiger partial charge is 0.265 e. The van der Waals surface area contributed by atoms with Crippen molar-refractivity contribution < 1.29 is 21.9 Å². The number of para-hydroxylation sites is 1. The highest BCUT2D eigenvalue weighted by Crippen LogP contribution is 2.34. The minimum absolute atomic E-state index is 0.0220. The van der Waals surface area contributed by atoms with Crippen LogP contribution in [0, 0.1) is 20.8 Å². The van der Waals surface area contributed by atoms with Crippen molar-refractivity contribution in [1.82, 2.24) is 0 Å². The number of aliphatic hydroxyl groups is 1. The molecule has 0 saturated carbocycles. The number of hydrogen-bond donors (Lipinski definition) is 2. The fourth-order valence-electron chi connectivity index (χ4n) is 3.19. The Morgan fingerprint density at radius 2 is 1.61 bits per heavy atom. The van der Waals surface area contributed by atoms with Crippen molar-refractivity contribution >= 4 is 31.4 Å². The molecule has 0 spiro atoms. The van der Waals surface area contributed by atoms with Crippen molar-refractivity contribution in [3.8, 4) is 0 Å². The van der Waals surface area contributed by atoms with Crippen molar-refractivity contribution in [2.45, 2.75) is 38.7 Å². The lowest BCUT2D eigenvalue weighted by atomic mass is 10.1. The van der Waals surface area contributed by atoms with Crippen molar-refractivity contribution in [2.75, 3.05) is 21.8 Å². The molecule has 0 bridgehead atoms. The van der Waals surface area contributed by atoms with Gasteiger partial charge in [0.05, 0.1) is 35.2 Å². The number of hydrogen-bond acceptors (Lipinski definition) is 5. The molecule has 1 unspecified atom stereocenters. The van der Waals surface area contributed by atoms with E-state index >= 15 is 0 Å². The summed E-state index contributed by atoms with van der Waals surface area (Å²) in [5, 5.41) is 9.89. The topological polar surface area (TPSA) is 104 Å². The van der Waals surface area contributed by atoms with E-state index in [9.17, 15) is 21.9 Å². The van der Waals surface area contributed by atoms with Crippen LogP contribution < -0.4 is 9.03 Å². The molecular weight excluding hydrogens is 400 g/mol. The molecule has 9 heteroatoms. The van der Waals surface area contributed by atoms with E-state index in [1.54, 1.807) is 57.2 Å². The SMILES string of the molecule is Cc1cc(C)c(S(=O)(=O)N(CC(C)O)c2ccccc2)c(C)c1NS(C)(=O)=O. The van der Waals surface area contributed by atoms with Gasteiger partial charge in [-0.05, 0) is 56.5 Å². The third-order valence-corrected chi connectivity index (χ3v) is 6.87. The van der Waals surface area contributed by atoms with Gasteiger partial charge in [-0.2, -0.15) is 0 Å². The zero-order valence-corrected chi connectivity index (χ0v) is 18.2. The molecule has 0 aromatic heterocycles. The van der Waals surface area contributed by atoms with E-state index < -0.39 is 26.2 Å². The first-order valence-corrected chi connectivity index (χ1v) is 12.0. The summed E-state index contributed by atoms with van der Waals surface area (Å²) in [5.74, 6) is 0. The molecule has 2 N–H and O–H groups in total. The van der Waals surface area contributed by atoms with Crippen LogP contribution in [-0.2, 0) is 20.0 Å². The van der Waals surface area contributed by atoms with Crippen LogP contribution >= 0.6 is 0 Å². The summed E-state index contributed by atoms with van der Waals surface area (Å²) in [6.07, 6.45) is 0.124. The van der Waals surface area contributed by atoms with Gasteiger partial charge in [0.25, 0.3) is 10.0 Å². The molecule has 0 aliphatic heterocycles. The van der Waals surface area contributed by atoms with Gasteiger partial charge in [-0.25, -0.2) is 16.8 Å². The number of aryl methyl sites for hydroxylation is 2. The quantitative estimate of drug-likeness (QED) is 0.708. The first kappa shape index (κ1) is 22.2. The summed E-state index contributed by atoms with van der Waals surface area (Å²) >= 11 is 0. The number of rotatable bonds is 7. The zero-order valence-electron chi connectivity index (χ0n) is 16.6. The Hall–Kier alpha value is -2.10. The van der Waals surface area contributed by atoms with E-state index in [4.69, 9.17) is 0 Å². The minimum atomic E-state index is -4.07. The summed E-state index contributed by atoms with van der Waals surface area (Å²) in [7, 11) is -7.65. The lowest BCUT2D eigenvalue weighted by Gasteiger charge is -2.28. The molecule has 0 saturated heterocycles. The molecule has 0 aliphatic carbocycles.